The van der Waals surface area contributed by atoms with Crippen LogP contribution in [0.4, 0.5) is 17.1 Å². The molecule has 0 aromatic heterocycles. The Bertz CT molecular complexity index is 735. The van der Waals surface area contributed by atoms with E-state index in [-0.39, 0.29) is 4.90 Å². The average molecular weight is 291 g/mol. The number of nitrogen functional groups attached to an aromatic ring is 1. The number of hydrogen-bond donors (Lipinski definition) is 3. The van der Waals surface area contributed by atoms with Crippen molar-refractivity contribution in [2.24, 2.45) is 5.14 Å². The van der Waals surface area contributed by atoms with Crippen LogP contribution in [0.25, 0.3) is 0 Å². The smallest absolute Gasteiger partial charge is 0.240 e. The van der Waals surface area contributed by atoms with Crippen molar-refractivity contribution in [1.29, 1.82) is 0 Å². The zero-order valence-corrected chi connectivity index (χ0v) is 12.2. The molecule has 5 nitrogen and oxygen atoms in total. The zero-order chi connectivity index (χ0) is 14.9. The Hall–Kier alpha value is -2.05. The monoisotopic (exact) mass is 291 g/mol. The van der Waals surface area contributed by atoms with E-state index < -0.39 is 10.0 Å². The van der Waals surface area contributed by atoms with Gasteiger partial charge in [0.2, 0.25) is 10.0 Å². The number of anilines is 3. The Morgan fingerprint density at radius 1 is 1.00 bits per heavy atom. The second kappa shape index (κ2) is 5.15. The maximum absolute atomic E-state index is 11.6. The summed E-state index contributed by atoms with van der Waals surface area (Å²) in [6.45, 7) is 3.95. The van der Waals surface area contributed by atoms with Gasteiger partial charge in [-0.05, 0) is 55.3 Å². The lowest BCUT2D eigenvalue weighted by molar-refractivity contribution is 0.598. The van der Waals surface area contributed by atoms with Crippen molar-refractivity contribution in [3.05, 3.63) is 47.5 Å². The van der Waals surface area contributed by atoms with E-state index in [0.717, 1.165) is 16.8 Å². The summed E-state index contributed by atoms with van der Waals surface area (Å²) < 4.78 is 23.2. The standard InChI is InChI=1S/C14H17N3O2S/c1-9-5-10(2)7-12(6-9)17-13-4-3-11(15)8-14(13)20(16,18)19/h3-8,17H,15H2,1-2H3,(H2,16,18,19). The van der Waals surface area contributed by atoms with Crippen LogP contribution in [0.5, 0.6) is 0 Å². The minimum Gasteiger partial charge on any atom is -0.399 e. The molecule has 20 heavy (non-hydrogen) atoms. The van der Waals surface area contributed by atoms with Crippen LogP contribution < -0.4 is 16.2 Å². The first kappa shape index (κ1) is 14.4. The van der Waals surface area contributed by atoms with E-state index in [9.17, 15) is 8.42 Å². The van der Waals surface area contributed by atoms with Crippen LogP contribution >= 0.6 is 0 Å². The molecular formula is C14H17N3O2S. The van der Waals surface area contributed by atoms with Crippen LogP contribution in [0.1, 0.15) is 11.1 Å². The minimum atomic E-state index is -3.84. The summed E-state index contributed by atoms with van der Waals surface area (Å²) in [7, 11) is -3.84. The first-order valence-corrected chi connectivity index (χ1v) is 7.58. The van der Waals surface area contributed by atoms with Gasteiger partial charge < -0.3 is 11.1 Å². The minimum absolute atomic E-state index is 0.0170. The molecule has 0 spiro atoms. The van der Waals surface area contributed by atoms with Crippen LogP contribution in [-0.4, -0.2) is 8.42 Å². The van der Waals surface area contributed by atoms with Gasteiger partial charge in [-0.1, -0.05) is 6.07 Å². The SMILES string of the molecule is Cc1cc(C)cc(Nc2ccc(N)cc2S(N)(=O)=O)c1. The third kappa shape index (κ3) is 3.28. The van der Waals surface area contributed by atoms with Crippen molar-refractivity contribution in [3.63, 3.8) is 0 Å². The number of sulfonamides is 1. The number of rotatable bonds is 3. The lowest BCUT2D eigenvalue weighted by Crippen LogP contribution is -2.14. The first-order chi connectivity index (χ1) is 9.25. The van der Waals surface area contributed by atoms with Gasteiger partial charge in [0.05, 0.1) is 5.69 Å². The molecule has 2 aromatic rings. The van der Waals surface area contributed by atoms with E-state index in [2.05, 4.69) is 5.32 Å². The molecule has 6 heteroatoms. The highest BCUT2D eigenvalue weighted by Gasteiger charge is 2.14. The molecule has 0 aliphatic rings. The fourth-order valence-corrected chi connectivity index (χ4v) is 2.81. The zero-order valence-electron chi connectivity index (χ0n) is 11.3. The maximum Gasteiger partial charge on any atom is 0.240 e. The van der Waals surface area contributed by atoms with Gasteiger partial charge >= 0.3 is 0 Å². The molecule has 0 bridgehead atoms. The normalized spacial score (nSPS) is 11.3. The van der Waals surface area contributed by atoms with E-state index in [4.69, 9.17) is 10.9 Å². The van der Waals surface area contributed by atoms with Gasteiger partial charge in [0.15, 0.2) is 0 Å². The summed E-state index contributed by atoms with van der Waals surface area (Å²) >= 11 is 0. The summed E-state index contributed by atoms with van der Waals surface area (Å²) in [6, 6.07) is 10.5. The molecule has 0 atom stereocenters. The molecule has 2 rings (SSSR count). The average Bonchev–Trinajstić information content (AvgIpc) is 2.28. The Morgan fingerprint density at radius 2 is 1.60 bits per heavy atom. The molecule has 0 saturated carbocycles. The highest BCUT2D eigenvalue weighted by atomic mass is 32.2. The van der Waals surface area contributed by atoms with Gasteiger partial charge in [0.1, 0.15) is 4.90 Å². The molecule has 2 aromatic carbocycles. The van der Waals surface area contributed by atoms with Gasteiger partial charge in [-0.2, -0.15) is 0 Å². The molecule has 0 amide bonds. The Balaban J connectivity index is 2.48. The Kier molecular flexibility index (Phi) is 3.69. The number of benzene rings is 2. The highest BCUT2D eigenvalue weighted by molar-refractivity contribution is 7.89. The number of nitrogens with two attached hydrogens (primary N) is 2. The largest absolute Gasteiger partial charge is 0.399 e. The third-order valence-corrected chi connectivity index (χ3v) is 3.76. The Morgan fingerprint density at radius 3 is 2.15 bits per heavy atom. The molecule has 0 fully saturated rings. The molecular weight excluding hydrogens is 274 g/mol. The summed E-state index contributed by atoms with van der Waals surface area (Å²) in [5.74, 6) is 0. The van der Waals surface area contributed by atoms with Crippen LogP contribution in [0.2, 0.25) is 0 Å². The third-order valence-electron chi connectivity index (χ3n) is 2.81. The van der Waals surface area contributed by atoms with E-state index in [1.165, 1.54) is 6.07 Å². The van der Waals surface area contributed by atoms with Crippen LogP contribution in [0, 0.1) is 13.8 Å². The molecule has 0 aliphatic heterocycles. The second-order valence-electron chi connectivity index (χ2n) is 4.80. The lowest BCUT2D eigenvalue weighted by atomic mass is 10.1. The van der Waals surface area contributed by atoms with E-state index >= 15 is 0 Å². The van der Waals surface area contributed by atoms with Crippen molar-refractivity contribution in [2.45, 2.75) is 18.7 Å². The fourth-order valence-electron chi connectivity index (χ4n) is 2.08. The van der Waals surface area contributed by atoms with E-state index in [1.54, 1.807) is 12.1 Å². The van der Waals surface area contributed by atoms with Gasteiger partial charge in [-0.3, -0.25) is 0 Å². The summed E-state index contributed by atoms with van der Waals surface area (Å²) in [5, 5.41) is 8.29. The topological polar surface area (TPSA) is 98.2 Å². The summed E-state index contributed by atoms with van der Waals surface area (Å²) in [6.07, 6.45) is 0. The predicted molar refractivity (Wildman–Crippen MR) is 81.4 cm³/mol. The molecule has 0 saturated heterocycles. The predicted octanol–water partition coefficient (Wildman–Crippen LogP) is 2.28. The number of nitrogens with one attached hydrogen (secondary N) is 1. The molecule has 0 heterocycles. The van der Waals surface area contributed by atoms with Crippen LogP contribution in [0.3, 0.4) is 0 Å². The second-order valence-corrected chi connectivity index (χ2v) is 6.33. The van der Waals surface area contributed by atoms with Gasteiger partial charge in [0.25, 0.3) is 0 Å². The van der Waals surface area contributed by atoms with Crippen molar-refractivity contribution in [1.82, 2.24) is 0 Å². The molecule has 106 valence electrons. The van der Waals surface area contributed by atoms with Crippen LogP contribution in [-0.2, 0) is 10.0 Å². The van der Waals surface area contributed by atoms with E-state index in [1.807, 2.05) is 32.0 Å². The van der Waals surface area contributed by atoms with Crippen LogP contribution in [0.15, 0.2) is 41.3 Å². The number of hydrogen-bond acceptors (Lipinski definition) is 4. The highest BCUT2D eigenvalue weighted by Crippen LogP contribution is 2.27. The quantitative estimate of drug-likeness (QED) is 0.755. The number of aryl methyl sites for hydroxylation is 2. The summed E-state index contributed by atoms with van der Waals surface area (Å²) in [4.78, 5) is -0.0170. The van der Waals surface area contributed by atoms with Crippen molar-refractivity contribution in [3.8, 4) is 0 Å². The Labute approximate surface area is 118 Å². The van der Waals surface area contributed by atoms with Gasteiger partial charge in [-0.25, -0.2) is 13.6 Å². The maximum atomic E-state index is 11.6. The molecule has 0 unspecified atom stereocenters. The van der Waals surface area contributed by atoms with E-state index in [0.29, 0.717) is 11.4 Å². The number of primary sulfonamides is 1. The van der Waals surface area contributed by atoms with Crippen molar-refractivity contribution >= 4 is 27.1 Å². The lowest BCUT2D eigenvalue weighted by Gasteiger charge is -2.12. The summed E-state index contributed by atoms with van der Waals surface area (Å²) in [5.41, 5.74) is 9.34. The van der Waals surface area contributed by atoms with Gasteiger partial charge in [0, 0.05) is 11.4 Å². The van der Waals surface area contributed by atoms with Crippen molar-refractivity contribution < 1.29 is 8.42 Å². The molecule has 0 aliphatic carbocycles. The van der Waals surface area contributed by atoms with Gasteiger partial charge in [-0.15, -0.1) is 0 Å². The molecule has 0 radical (unpaired) electrons. The first-order valence-electron chi connectivity index (χ1n) is 6.03. The molecule has 5 N–H and O–H groups in total. The van der Waals surface area contributed by atoms with Crippen molar-refractivity contribution in [2.75, 3.05) is 11.1 Å². The fraction of sp³-hybridized carbons (Fsp3) is 0.143.